The summed E-state index contributed by atoms with van der Waals surface area (Å²) in [7, 11) is -2.76. The molecule has 0 saturated carbocycles. The number of carbonyl (C=O) groups is 1. The van der Waals surface area contributed by atoms with Gasteiger partial charge in [-0.3, -0.25) is 24.5 Å². The number of sulfonamides is 1. The lowest BCUT2D eigenvalue weighted by atomic mass is 10.1. The Morgan fingerprint density at radius 1 is 1.26 bits per heavy atom. The zero-order valence-corrected chi connectivity index (χ0v) is 20.6. The van der Waals surface area contributed by atoms with Gasteiger partial charge in [-0.15, -0.1) is 10.2 Å². The number of rotatable bonds is 9. The van der Waals surface area contributed by atoms with Crippen LogP contribution in [0.4, 0.5) is 16.5 Å². The van der Waals surface area contributed by atoms with Crippen LogP contribution < -0.4 is 14.4 Å². The average molecular weight is 526 g/mol. The third-order valence-corrected chi connectivity index (χ3v) is 6.99. The number of non-ortho nitro benzene ring substituents is 1. The van der Waals surface area contributed by atoms with Gasteiger partial charge in [-0.05, 0) is 24.6 Å². The summed E-state index contributed by atoms with van der Waals surface area (Å²) in [5, 5.41) is 23.1. The Morgan fingerprint density at radius 3 is 2.50 bits per heavy atom. The number of aromatic nitrogens is 2. The quantitative estimate of drug-likeness (QED) is 0.326. The summed E-state index contributed by atoms with van der Waals surface area (Å²) in [5.41, 5.74) is 0.269. The molecule has 0 aliphatic heterocycles. The molecule has 3 aromatic rings. The lowest BCUT2D eigenvalue weighted by Gasteiger charge is -2.30. The zero-order valence-electron chi connectivity index (χ0n) is 18.3. The molecule has 180 valence electrons. The summed E-state index contributed by atoms with van der Waals surface area (Å²) in [6, 6.07) is 9.17. The number of anilines is 2. The Labute approximate surface area is 204 Å². The molecule has 1 N–H and O–H groups in total. The van der Waals surface area contributed by atoms with Crippen LogP contribution in [0.25, 0.3) is 10.6 Å². The molecule has 0 radical (unpaired) electrons. The van der Waals surface area contributed by atoms with Gasteiger partial charge in [0.1, 0.15) is 22.5 Å². The molecule has 11 nitrogen and oxygen atoms in total. The second kappa shape index (κ2) is 10.3. The van der Waals surface area contributed by atoms with Gasteiger partial charge in [-0.2, -0.15) is 0 Å². The van der Waals surface area contributed by atoms with Gasteiger partial charge < -0.3 is 4.74 Å². The Hall–Kier alpha value is -3.29. The number of benzene rings is 2. The Balaban J connectivity index is 1.95. The molecule has 0 spiro atoms. The third kappa shape index (κ3) is 5.61. The van der Waals surface area contributed by atoms with Crippen molar-refractivity contribution in [2.24, 2.45) is 0 Å². The van der Waals surface area contributed by atoms with E-state index in [1.54, 1.807) is 31.2 Å². The molecule has 1 amide bonds. The summed E-state index contributed by atoms with van der Waals surface area (Å²) in [4.78, 5) is 23.8. The topological polar surface area (TPSA) is 145 Å². The number of halogens is 1. The van der Waals surface area contributed by atoms with Crippen LogP contribution in [0.2, 0.25) is 5.02 Å². The maximum atomic E-state index is 13.1. The number of nitro benzene ring substituents is 1. The minimum absolute atomic E-state index is 0.0585. The highest BCUT2D eigenvalue weighted by Gasteiger charge is 2.35. The van der Waals surface area contributed by atoms with Crippen molar-refractivity contribution in [2.45, 2.75) is 19.4 Å². The number of carbonyl (C=O) groups excluding carboxylic acids is 1. The number of ether oxygens (including phenoxy) is 1. The van der Waals surface area contributed by atoms with Crippen LogP contribution in [0.5, 0.6) is 5.75 Å². The summed E-state index contributed by atoms with van der Waals surface area (Å²) in [6.45, 7) is 1.62. The average Bonchev–Trinajstić information content (AvgIpc) is 3.24. The van der Waals surface area contributed by atoms with E-state index in [-0.39, 0.29) is 28.7 Å². The zero-order chi connectivity index (χ0) is 25.0. The van der Waals surface area contributed by atoms with E-state index in [9.17, 15) is 23.3 Å². The van der Waals surface area contributed by atoms with Crippen molar-refractivity contribution in [3.8, 4) is 16.3 Å². The second-order valence-electron chi connectivity index (χ2n) is 7.00. The molecular weight excluding hydrogens is 506 g/mol. The van der Waals surface area contributed by atoms with Crippen LogP contribution in [0, 0.1) is 10.1 Å². The van der Waals surface area contributed by atoms with E-state index in [0.717, 1.165) is 33.5 Å². The fraction of sp³-hybridized carbons (Fsp3) is 0.250. The van der Waals surface area contributed by atoms with Gasteiger partial charge in [0, 0.05) is 22.7 Å². The molecule has 1 heterocycles. The Morgan fingerprint density at radius 2 is 1.94 bits per heavy atom. The van der Waals surface area contributed by atoms with Gasteiger partial charge in [0.15, 0.2) is 0 Å². The van der Waals surface area contributed by atoms with E-state index in [4.69, 9.17) is 16.3 Å². The normalized spacial score (nSPS) is 12.1. The first kappa shape index (κ1) is 25.3. The highest BCUT2D eigenvalue weighted by molar-refractivity contribution is 7.92. The molecule has 1 unspecified atom stereocenters. The molecule has 1 atom stereocenters. The molecule has 2 aromatic carbocycles. The Bertz CT molecular complexity index is 1310. The lowest BCUT2D eigenvalue weighted by molar-refractivity contribution is -0.384. The van der Waals surface area contributed by atoms with E-state index in [1.165, 1.54) is 19.2 Å². The van der Waals surface area contributed by atoms with Gasteiger partial charge >= 0.3 is 0 Å². The summed E-state index contributed by atoms with van der Waals surface area (Å²) in [5.74, 6) is -0.622. The predicted octanol–water partition coefficient (Wildman–Crippen LogP) is 3.96. The van der Waals surface area contributed by atoms with Crippen molar-refractivity contribution < 1.29 is 22.9 Å². The SMILES string of the molecule is CCC(C(=O)Nc1nnc(-c2ccc(Cl)cc2)s1)N(c1cc([N+](=O)[O-])ccc1OC)S(C)(=O)=O. The van der Waals surface area contributed by atoms with Crippen molar-refractivity contribution in [3.05, 3.63) is 57.6 Å². The van der Waals surface area contributed by atoms with E-state index < -0.39 is 26.9 Å². The standard InChI is InChI=1S/C20H20ClN5O6S2/c1-4-15(18(27)22-20-24-23-19(33-20)12-5-7-13(21)8-6-12)25(34(3,30)31)16-11-14(26(28)29)9-10-17(16)32-2/h5-11,15H,4H2,1-3H3,(H,22,24,27). The van der Waals surface area contributed by atoms with E-state index in [2.05, 4.69) is 15.5 Å². The van der Waals surface area contributed by atoms with Gasteiger partial charge in [-0.25, -0.2) is 8.42 Å². The van der Waals surface area contributed by atoms with Crippen LogP contribution in [-0.4, -0.2) is 48.9 Å². The molecule has 3 rings (SSSR count). The van der Waals surface area contributed by atoms with Crippen LogP contribution in [0.3, 0.4) is 0 Å². The van der Waals surface area contributed by atoms with Crippen LogP contribution >= 0.6 is 22.9 Å². The number of methoxy groups -OCH3 is 1. The van der Waals surface area contributed by atoms with Crippen LogP contribution in [0.1, 0.15) is 13.3 Å². The largest absolute Gasteiger partial charge is 0.495 e. The minimum atomic E-state index is -4.06. The van der Waals surface area contributed by atoms with Gasteiger partial charge in [0.05, 0.1) is 18.3 Å². The molecule has 14 heteroatoms. The summed E-state index contributed by atoms with van der Waals surface area (Å²) in [6.07, 6.45) is 0.971. The van der Waals surface area contributed by atoms with Crippen molar-refractivity contribution in [1.29, 1.82) is 0 Å². The smallest absolute Gasteiger partial charge is 0.271 e. The molecule has 0 aliphatic rings. The van der Waals surface area contributed by atoms with E-state index >= 15 is 0 Å². The maximum Gasteiger partial charge on any atom is 0.271 e. The van der Waals surface area contributed by atoms with E-state index in [0.29, 0.717) is 10.0 Å². The number of hydrogen-bond acceptors (Lipinski definition) is 9. The van der Waals surface area contributed by atoms with E-state index in [1.807, 2.05) is 0 Å². The molecule has 0 bridgehead atoms. The number of nitrogens with one attached hydrogen (secondary N) is 1. The van der Waals surface area contributed by atoms with Gasteiger partial charge in [-0.1, -0.05) is 42.0 Å². The molecule has 0 fully saturated rings. The van der Waals surface area contributed by atoms with Crippen molar-refractivity contribution in [2.75, 3.05) is 23.0 Å². The first-order valence-electron chi connectivity index (χ1n) is 9.77. The number of amides is 1. The number of hydrogen-bond donors (Lipinski definition) is 1. The highest BCUT2D eigenvalue weighted by atomic mass is 35.5. The highest BCUT2D eigenvalue weighted by Crippen LogP contribution is 2.36. The van der Waals surface area contributed by atoms with Crippen LogP contribution in [-0.2, 0) is 14.8 Å². The first-order valence-corrected chi connectivity index (χ1v) is 12.8. The molecule has 34 heavy (non-hydrogen) atoms. The van der Waals surface area contributed by atoms with Gasteiger partial charge in [0.25, 0.3) is 5.69 Å². The van der Waals surface area contributed by atoms with Crippen molar-refractivity contribution in [1.82, 2.24) is 10.2 Å². The first-order chi connectivity index (χ1) is 16.0. The maximum absolute atomic E-state index is 13.1. The monoisotopic (exact) mass is 525 g/mol. The summed E-state index contributed by atoms with van der Waals surface area (Å²) < 4.78 is 31.5. The minimum Gasteiger partial charge on any atom is -0.495 e. The fourth-order valence-electron chi connectivity index (χ4n) is 3.17. The van der Waals surface area contributed by atoms with Crippen LogP contribution in [0.15, 0.2) is 42.5 Å². The third-order valence-electron chi connectivity index (χ3n) is 4.69. The number of nitrogens with zero attached hydrogens (tertiary/aromatic N) is 4. The molecule has 1 aromatic heterocycles. The lowest BCUT2D eigenvalue weighted by Crippen LogP contribution is -2.47. The molecule has 0 aliphatic carbocycles. The van der Waals surface area contributed by atoms with Crippen molar-refractivity contribution in [3.63, 3.8) is 0 Å². The summed E-state index contributed by atoms with van der Waals surface area (Å²) >= 11 is 7.00. The predicted molar refractivity (Wildman–Crippen MR) is 130 cm³/mol. The second-order valence-corrected chi connectivity index (χ2v) is 10.3. The molecular formula is C20H20ClN5O6S2. The number of nitro groups is 1. The Kier molecular flexibility index (Phi) is 7.69. The van der Waals surface area contributed by atoms with Gasteiger partial charge in [0.2, 0.25) is 21.1 Å². The fourth-order valence-corrected chi connectivity index (χ4v) is 5.26. The molecule has 0 saturated heterocycles. The van der Waals surface area contributed by atoms with Crippen molar-refractivity contribution >= 4 is 55.4 Å².